The van der Waals surface area contributed by atoms with E-state index in [4.69, 9.17) is 15.7 Å². The van der Waals surface area contributed by atoms with Crippen molar-refractivity contribution in [2.75, 3.05) is 6.61 Å². The lowest BCUT2D eigenvalue weighted by molar-refractivity contribution is -0.386. The molecule has 20 heavy (non-hydrogen) atoms. The molecule has 1 rings (SSSR count). The van der Waals surface area contributed by atoms with E-state index in [0.717, 1.165) is 12.8 Å². The highest BCUT2D eigenvalue weighted by molar-refractivity contribution is 5.97. The number of hydrogen-bond acceptors (Lipinski definition) is 6. The van der Waals surface area contributed by atoms with Crippen LogP contribution >= 0.6 is 0 Å². The number of nitro groups is 1. The van der Waals surface area contributed by atoms with Gasteiger partial charge in [-0.1, -0.05) is 19.0 Å². The molecule has 1 heterocycles. The van der Waals surface area contributed by atoms with Gasteiger partial charge in [0.05, 0.1) is 11.5 Å². The average Bonchev–Trinajstić information content (AvgIpc) is 2.42. The first-order valence-electron chi connectivity index (χ1n) is 6.20. The Morgan fingerprint density at radius 1 is 1.65 bits per heavy atom. The van der Waals surface area contributed by atoms with Crippen LogP contribution in [0, 0.1) is 16.0 Å². The van der Waals surface area contributed by atoms with Gasteiger partial charge in [0, 0.05) is 17.8 Å². The molecular weight excluding hydrogens is 264 g/mol. The highest BCUT2D eigenvalue weighted by Crippen LogP contribution is 2.25. The summed E-state index contributed by atoms with van der Waals surface area (Å²) in [6, 6.07) is 1.17. The van der Waals surface area contributed by atoms with Crippen LogP contribution in [0.5, 0.6) is 5.88 Å². The molecule has 0 saturated carbocycles. The van der Waals surface area contributed by atoms with Crippen LogP contribution in [0.2, 0.25) is 0 Å². The van der Waals surface area contributed by atoms with Gasteiger partial charge in [0.1, 0.15) is 0 Å². The molecule has 0 unspecified atom stereocenters. The zero-order valence-electron chi connectivity index (χ0n) is 11.4. The predicted octanol–water partition coefficient (Wildman–Crippen LogP) is 1.90. The highest BCUT2D eigenvalue weighted by Gasteiger charge is 2.19. The van der Waals surface area contributed by atoms with Crippen molar-refractivity contribution in [3.05, 3.63) is 27.9 Å². The van der Waals surface area contributed by atoms with Crippen LogP contribution in [0.4, 0.5) is 5.69 Å². The minimum atomic E-state index is -0.612. The largest absolute Gasteiger partial charge is 0.473 e. The Morgan fingerprint density at radius 2 is 2.35 bits per heavy atom. The van der Waals surface area contributed by atoms with E-state index in [1.54, 1.807) is 0 Å². The van der Waals surface area contributed by atoms with Crippen molar-refractivity contribution in [3.8, 4) is 5.88 Å². The minimum absolute atomic E-state index is 0.0618. The predicted molar refractivity (Wildman–Crippen MR) is 73.0 cm³/mol. The van der Waals surface area contributed by atoms with E-state index in [1.807, 2.05) is 0 Å². The van der Waals surface area contributed by atoms with Gasteiger partial charge in [-0.05, 0) is 18.8 Å². The summed E-state index contributed by atoms with van der Waals surface area (Å²) in [5.41, 5.74) is 5.22. The molecule has 8 nitrogen and oxygen atoms in total. The first-order valence-corrected chi connectivity index (χ1v) is 6.20. The fraction of sp³-hybridized carbons (Fsp3) is 0.500. The summed E-state index contributed by atoms with van der Waals surface area (Å²) in [5, 5.41) is 22.3. The van der Waals surface area contributed by atoms with E-state index >= 15 is 0 Å². The molecule has 0 atom stereocenters. The Hall–Kier alpha value is -2.38. The molecule has 0 aliphatic rings. The second-order valence-corrected chi connectivity index (χ2v) is 4.68. The second kappa shape index (κ2) is 7.27. The van der Waals surface area contributed by atoms with E-state index in [2.05, 4.69) is 24.0 Å². The van der Waals surface area contributed by atoms with Crippen molar-refractivity contribution in [3.63, 3.8) is 0 Å². The molecular formula is C12H18N4O4. The normalized spacial score (nSPS) is 11.7. The van der Waals surface area contributed by atoms with Crippen LogP contribution < -0.4 is 10.5 Å². The zero-order chi connectivity index (χ0) is 15.1. The Labute approximate surface area is 116 Å². The summed E-state index contributed by atoms with van der Waals surface area (Å²) < 4.78 is 5.32. The van der Waals surface area contributed by atoms with Crippen LogP contribution in [0.15, 0.2) is 17.4 Å². The number of hydrogen-bond donors (Lipinski definition) is 2. The van der Waals surface area contributed by atoms with Gasteiger partial charge < -0.3 is 15.7 Å². The van der Waals surface area contributed by atoms with Crippen molar-refractivity contribution in [2.24, 2.45) is 16.8 Å². The summed E-state index contributed by atoms with van der Waals surface area (Å²) in [7, 11) is 0. The highest BCUT2D eigenvalue weighted by atomic mass is 16.6. The number of ether oxygens (including phenoxy) is 1. The third-order valence-electron chi connectivity index (χ3n) is 2.60. The number of rotatable bonds is 7. The van der Waals surface area contributed by atoms with Crippen LogP contribution in [0.3, 0.4) is 0 Å². The maximum Gasteiger partial charge on any atom is 0.331 e. The monoisotopic (exact) mass is 282 g/mol. The lowest BCUT2D eigenvalue weighted by atomic mass is 10.1. The minimum Gasteiger partial charge on any atom is -0.473 e. The van der Waals surface area contributed by atoms with Crippen molar-refractivity contribution in [2.45, 2.75) is 26.7 Å². The number of aromatic nitrogens is 1. The van der Waals surface area contributed by atoms with E-state index in [9.17, 15) is 10.1 Å². The Kier molecular flexibility index (Phi) is 5.70. The molecule has 0 bridgehead atoms. The molecule has 1 aromatic heterocycles. The van der Waals surface area contributed by atoms with Gasteiger partial charge in [-0.15, -0.1) is 0 Å². The van der Waals surface area contributed by atoms with Crippen LogP contribution in [0.1, 0.15) is 32.3 Å². The summed E-state index contributed by atoms with van der Waals surface area (Å²) in [5.74, 6) is 0.240. The molecule has 1 aromatic rings. The molecule has 8 heteroatoms. The molecule has 0 saturated heterocycles. The van der Waals surface area contributed by atoms with Gasteiger partial charge in [0.15, 0.2) is 5.84 Å². The third kappa shape index (κ3) is 4.38. The molecule has 0 aromatic carbocycles. The molecule has 110 valence electrons. The SMILES string of the molecule is CC(C)CCCOc1ncc(C(N)=NO)cc1[N+](=O)[O-]. The standard InChI is InChI=1S/C12H18N4O4/c1-8(2)4-3-5-20-12-10(16(18)19)6-9(7-14-12)11(13)15-17/h6-8,17H,3-5H2,1-2H3,(H2,13,15). The topological polar surface area (TPSA) is 124 Å². The summed E-state index contributed by atoms with van der Waals surface area (Å²) >= 11 is 0. The number of nitrogens with two attached hydrogens (primary N) is 1. The maximum atomic E-state index is 11.0. The fourth-order valence-corrected chi connectivity index (χ4v) is 1.54. The molecule has 0 fully saturated rings. The van der Waals surface area contributed by atoms with E-state index in [-0.39, 0.29) is 23.0 Å². The van der Waals surface area contributed by atoms with E-state index < -0.39 is 4.92 Å². The van der Waals surface area contributed by atoms with Gasteiger partial charge in [-0.25, -0.2) is 4.98 Å². The van der Waals surface area contributed by atoms with Crippen molar-refractivity contribution >= 4 is 11.5 Å². The van der Waals surface area contributed by atoms with Gasteiger partial charge in [-0.2, -0.15) is 0 Å². The quantitative estimate of drug-likeness (QED) is 0.196. The van der Waals surface area contributed by atoms with Gasteiger partial charge in [0.2, 0.25) is 0 Å². The van der Waals surface area contributed by atoms with Crippen LogP contribution in [-0.4, -0.2) is 27.6 Å². The van der Waals surface area contributed by atoms with Crippen molar-refractivity contribution in [1.29, 1.82) is 0 Å². The Balaban J connectivity index is 2.83. The first kappa shape index (κ1) is 15.7. The van der Waals surface area contributed by atoms with Gasteiger partial charge in [-0.3, -0.25) is 10.1 Å². The summed E-state index contributed by atoms with van der Waals surface area (Å²) in [6.07, 6.45) is 3.02. The summed E-state index contributed by atoms with van der Waals surface area (Å²) in [4.78, 5) is 14.2. The maximum absolute atomic E-state index is 11.0. The number of nitrogens with zero attached hydrogens (tertiary/aromatic N) is 3. The fourth-order valence-electron chi connectivity index (χ4n) is 1.54. The number of pyridine rings is 1. The summed E-state index contributed by atoms with van der Waals surface area (Å²) in [6.45, 7) is 4.54. The first-order chi connectivity index (χ1) is 9.45. The van der Waals surface area contributed by atoms with E-state index in [1.165, 1.54) is 12.3 Å². The molecule has 3 N–H and O–H groups in total. The Bertz CT molecular complexity index is 502. The van der Waals surface area contributed by atoms with E-state index in [0.29, 0.717) is 12.5 Å². The van der Waals surface area contributed by atoms with Crippen LogP contribution in [0.25, 0.3) is 0 Å². The van der Waals surface area contributed by atoms with Crippen molar-refractivity contribution in [1.82, 2.24) is 4.98 Å². The average molecular weight is 282 g/mol. The molecule has 0 radical (unpaired) electrons. The number of oxime groups is 1. The smallest absolute Gasteiger partial charge is 0.331 e. The lowest BCUT2D eigenvalue weighted by Gasteiger charge is -2.08. The second-order valence-electron chi connectivity index (χ2n) is 4.68. The molecule has 0 amide bonds. The van der Waals surface area contributed by atoms with Gasteiger partial charge in [0.25, 0.3) is 5.88 Å². The third-order valence-corrected chi connectivity index (χ3v) is 2.60. The molecule has 0 aliphatic carbocycles. The lowest BCUT2D eigenvalue weighted by Crippen LogP contribution is -2.14. The Morgan fingerprint density at radius 3 is 2.90 bits per heavy atom. The number of amidine groups is 1. The zero-order valence-corrected chi connectivity index (χ0v) is 11.4. The van der Waals surface area contributed by atoms with Crippen LogP contribution in [-0.2, 0) is 0 Å². The molecule has 0 aliphatic heterocycles. The van der Waals surface area contributed by atoms with Crippen molar-refractivity contribution < 1.29 is 14.9 Å². The molecule has 0 spiro atoms. The van der Waals surface area contributed by atoms with Gasteiger partial charge >= 0.3 is 5.69 Å².